The van der Waals surface area contributed by atoms with Crippen molar-refractivity contribution in [3.8, 4) is 0 Å². The molecule has 0 aromatic heterocycles. The van der Waals surface area contributed by atoms with E-state index >= 15 is 0 Å². The van der Waals surface area contributed by atoms with Gasteiger partial charge in [0.2, 0.25) is 0 Å². The number of rotatable bonds is 7. The van der Waals surface area contributed by atoms with Gasteiger partial charge in [-0.25, -0.2) is 9.59 Å². The highest BCUT2D eigenvalue weighted by Crippen LogP contribution is 2.31. The molecule has 0 spiro atoms. The van der Waals surface area contributed by atoms with E-state index in [4.69, 9.17) is 4.74 Å². The average Bonchev–Trinajstić information content (AvgIpc) is 2.63. The monoisotopic (exact) mass is 392 g/mol. The van der Waals surface area contributed by atoms with Crippen molar-refractivity contribution in [1.82, 2.24) is 10.6 Å². The lowest BCUT2D eigenvalue weighted by Gasteiger charge is -2.30. The molecule has 1 heterocycles. The fourth-order valence-corrected chi connectivity index (χ4v) is 3.60. The number of carbonyl (C=O) groups is 3. The highest BCUT2D eigenvalue weighted by Gasteiger charge is 2.34. The first-order chi connectivity index (χ1) is 12.9. The maximum Gasteiger partial charge on any atom is 0.338 e. The third kappa shape index (κ3) is 5.26. The van der Waals surface area contributed by atoms with E-state index in [-0.39, 0.29) is 24.1 Å². The Morgan fingerprint density at radius 3 is 2.67 bits per heavy atom. The first kappa shape index (κ1) is 20.8. The molecule has 0 saturated carbocycles. The summed E-state index contributed by atoms with van der Waals surface area (Å²) in [6.07, 6.45) is 0. The lowest BCUT2D eigenvalue weighted by molar-refractivity contribution is -0.139. The van der Waals surface area contributed by atoms with Gasteiger partial charge in [-0.2, -0.15) is 0 Å². The Morgan fingerprint density at radius 1 is 1.26 bits per heavy atom. The van der Waals surface area contributed by atoms with Gasteiger partial charge < -0.3 is 20.1 Å². The molecule has 146 valence electrons. The summed E-state index contributed by atoms with van der Waals surface area (Å²) in [7, 11) is 1.31. The number of aryl methyl sites for hydroxylation is 2. The minimum absolute atomic E-state index is 0.119. The highest BCUT2D eigenvalue weighted by atomic mass is 32.2. The summed E-state index contributed by atoms with van der Waals surface area (Å²) >= 11 is 1.26. The van der Waals surface area contributed by atoms with Crippen LogP contribution < -0.4 is 10.6 Å². The van der Waals surface area contributed by atoms with Gasteiger partial charge >= 0.3 is 18.0 Å². The van der Waals surface area contributed by atoms with Crippen LogP contribution >= 0.6 is 11.8 Å². The molecule has 0 saturated heterocycles. The Bertz CT molecular complexity index is 775. The zero-order chi connectivity index (χ0) is 20.0. The van der Waals surface area contributed by atoms with Crippen LogP contribution in [0.5, 0.6) is 0 Å². The van der Waals surface area contributed by atoms with Gasteiger partial charge in [0, 0.05) is 11.4 Å². The van der Waals surface area contributed by atoms with Crippen molar-refractivity contribution in [2.24, 2.45) is 0 Å². The van der Waals surface area contributed by atoms with Crippen molar-refractivity contribution in [1.29, 1.82) is 0 Å². The van der Waals surface area contributed by atoms with Crippen LogP contribution in [0.4, 0.5) is 4.79 Å². The summed E-state index contributed by atoms with van der Waals surface area (Å²) in [5, 5.41) is 5.51. The second kappa shape index (κ2) is 9.45. The molecule has 2 amide bonds. The van der Waals surface area contributed by atoms with E-state index in [1.54, 1.807) is 6.92 Å². The Balaban J connectivity index is 2.44. The number of urea groups is 1. The molecule has 0 bridgehead atoms. The number of benzene rings is 1. The van der Waals surface area contributed by atoms with Gasteiger partial charge in [-0.3, -0.25) is 4.79 Å². The van der Waals surface area contributed by atoms with Gasteiger partial charge in [-0.1, -0.05) is 23.8 Å². The van der Waals surface area contributed by atoms with Crippen LogP contribution in [0.3, 0.4) is 0 Å². The number of hydrogen-bond acceptors (Lipinski definition) is 6. The molecule has 27 heavy (non-hydrogen) atoms. The molecule has 1 aliphatic rings. The quantitative estimate of drug-likeness (QED) is 0.692. The molecule has 7 nitrogen and oxygen atoms in total. The predicted molar refractivity (Wildman–Crippen MR) is 103 cm³/mol. The summed E-state index contributed by atoms with van der Waals surface area (Å²) in [5.41, 5.74) is 3.60. The van der Waals surface area contributed by atoms with Gasteiger partial charge in [0.15, 0.2) is 0 Å². The normalized spacial score (nSPS) is 16.4. The van der Waals surface area contributed by atoms with Gasteiger partial charge in [0.25, 0.3) is 0 Å². The molecule has 2 N–H and O–H groups in total. The van der Waals surface area contributed by atoms with Crippen LogP contribution in [-0.4, -0.2) is 43.2 Å². The molecule has 1 aromatic carbocycles. The minimum atomic E-state index is -0.619. The topological polar surface area (TPSA) is 93.7 Å². The summed E-state index contributed by atoms with van der Waals surface area (Å²) in [5.74, 6) is -0.472. The fraction of sp³-hybridized carbons (Fsp3) is 0.421. The zero-order valence-corrected chi connectivity index (χ0v) is 16.7. The van der Waals surface area contributed by atoms with E-state index < -0.39 is 18.0 Å². The molecule has 1 aromatic rings. The van der Waals surface area contributed by atoms with Crippen LogP contribution in [0.25, 0.3) is 0 Å². The smallest absolute Gasteiger partial charge is 0.338 e. The van der Waals surface area contributed by atoms with Crippen LogP contribution in [0, 0.1) is 13.8 Å². The SMILES string of the molecule is CCOC(=O)C1=C(CSCC(=O)OC)NC(=O)N[C@@H]1c1cc(C)ccc1C. The van der Waals surface area contributed by atoms with E-state index in [1.165, 1.54) is 18.9 Å². The van der Waals surface area contributed by atoms with Crippen molar-refractivity contribution in [3.63, 3.8) is 0 Å². The molecule has 1 aliphatic heterocycles. The lowest BCUT2D eigenvalue weighted by atomic mass is 9.91. The van der Waals surface area contributed by atoms with Crippen molar-refractivity contribution in [2.75, 3.05) is 25.2 Å². The van der Waals surface area contributed by atoms with E-state index in [0.29, 0.717) is 11.3 Å². The lowest BCUT2D eigenvalue weighted by Crippen LogP contribution is -2.46. The van der Waals surface area contributed by atoms with Crippen molar-refractivity contribution < 1.29 is 23.9 Å². The van der Waals surface area contributed by atoms with Gasteiger partial charge in [0.05, 0.1) is 31.1 Å². The molecule has 0 radical (unpaired) electrons. The second-order valence-corrected chi connectivity index (χ2v) is 7.06. The summed E-state index contributed by atoms with van der Waals surface area (Å²) in [4.78, 5) is 36.3. The Labute approximate surface area is 162 Å². The average molecular weight is 392 g/mol. The van der Waals surface area contributed by atoms with Crippen molar-refractivity contribution in [2.45, 2.75) is 26.8 Å². The number of esters is 2. The van der Waals surface area contributed by atoms with Crippen LogP contribution in [0.2, 0.25) is 0 Å². The second-order valence-electron chi connectivity index (χ2n) is 6.07. The van der Waals surface area contributed by atoms with Crippen LogP contribution in [-0.2, 0) is 19.1 Å². The van der Waals surface area contributed by atoms with E-state index in [2.05, 4.69) is 15.4 Å². The molecule has 0 unspecified atom stereocenters. The standard InChI is InChI=1S/C19H24N2O5S/c1-5-26-18(23)16-14(9-27-10-15(22)25-4)20-19(24)21-17(16)13-8-11(2)6-7-12(13)3/h6-8,17H,5,9-10H2,1-4H3,(H2,20,21,24)/t17-/m1/s1. The number of hydrogen-bond donors (Lipinski definition) is 2. The van der Waals surface area contributed by atoms with Gasteiger partial charge in [-0.05, 0) is 31.9 Å². The molecule has 2 rings (SSSR count). The number of nitrogens with one attached hydrogen (secondary N) is 2. The van der Waals surface area contributed by atoms with Crippen molar-refractivity contribution in [3.05, 3.63) is 46.2 Å². The molecular weight excluding hydrogens is 368 g/mol. The molecule has 0 aliphatic carbocycles. The van der Waals surface area contributed by atoms with E-state index in [0.717, 1.165) is 16.7 Å². The third-order valence-corrected chi connectivity index (χ3v) is 5.02. The first-order valence-corrected chi connectivity index (χ1v) is 9.72. The van der Waals surface area contributed by atoms with E-state index in [9.17, 15) is 14.4 Å². The van der Waals surface area contributed by atoms with E-state index in [1.807, 2.05) is 32.0 Å². The third-order valence-electron chi connectivity index (χ3n) is 4.09. The summed E-state index contributed by atoms with van der Waals surface area (Å²) in [6.45, 7) is 5.83. The largest absolute Gasteiger partial charge is 0.468 e. The maximum absolute atomic E-state index is 12.7. The Kier molecular flexibility index (Phi) is 7.29. The number of amides is 2. The number of carbonyl (C=O) groups excluding carboxylic acids is 3. The highest BCUT2D eigenvalue weighted by molar-refractivity contribution is 8.00. The first-order valence-electron chi connectivity index (χ1n) is 8.56. The Hall–Kier alpha value is -2.48. The maximum atomic E-state index is 12.7. The fourth-order valence-electron chi connectivity index (χ4n) is 2.78. The number of thioether (sulfide) groups is 1. The van der Waals surface area contributed by atoms with Gasteiger partial charge in [0.1, 0.15) is 0 Å². The predicted octanol–water partition coefficient (Wildman–Crippen LogP) is 2.38. The molecule has 8 heteroatoms. The van der Waals surface area contributed by atoms with Crippen molar-refractivity contribution >= 4 is 29.7 Å². The summed E-state index contributed by atoms with van der Waals surface area (Å²) < 4.78 is 9.85. The van der Waals surface area contributed by atoms with Crippen LogP contribution in [0.1, 0.15) is 29.7 Å². The Morgan fingerprint density at radius 2 is 2.00 bits per heavy atom. The van der Waals surface area contributed by atoms with Gasteiger partial charge in [-0.15, -0.1) is 11.8 Å². The molecule has 1 atom stereocenters. The number of ether oxygens (including phenoxy) is 2. The zero-order valence-electron chi connectivity index (χ0n) is 15.9. The summed E-state index contributed by atoms with van der Waals surface area (Å²) in [6, 6.07) is 4.86. The number of methoxy groups -OCH3 is 1. The molecule has 0 fully saturated rings. The van der Waals surface area contributed by atoms with Crippen LogP contribution in [0.15, 0.2) is 29.5 Å². The minimum Gasteiger partial charge on any atom is -0.468 e. The molecular formula is C19H24N2O5S.